The maximum absolute atomic E-state index is 5.98. The molecule has 104 valence electrons. The summed E-state index contributed by atoms with van der Waals surface area (Å²) in [4.78, 5) is 6.99. The molecule has 1 aromatic heterocycles. The van der Waals surface area contributed by atoms with Gasteiger partial charge in [0.25, 0.3) is 0 Å². The Morgan fingerprint density at radius 1 is 1.26 bits per heavy atom. The SMILES string of the molecule is Cc1nc(Cl)ccc1N1CC2(C)CC1CC(C)(C)C2. The smallest absolute Gasteiger partial charge is 0.129 e. The molecule has 2 aliphatic rings. The molecule has 19 heavy (non-hydrogen) atoms. The van der Waals surface area contributed by atoms with Gasteiger partial charge >= 0.3 is 0 Å². The molecule has 0 N–H and O–H groups in total. The molecule has 1 saturated heterocycles. The Balaban J connectivity index is 1.95. The number of pyridine rings is 1. The van der Waals surface area contributed by atoms with E-state index in [-0.39, 0.29) is 0 Å². The summed E-state index contributed by atoms with van der Waals surface area (Å²) in [5.74, 6) is 0. The lowest BCUT2D eigenvalue weighted by atomic mass is 9.65. The summed E-state index contributed by atoms with van der Waals surface area (Å²) < 4.78 is 0. The number of hydrogen-bond acceptors (Lipinski definition) is 2. The number of nitrogens with zero attached hydrogens (tertiary/aromatic N) is 2. The van der Waals surface area contributed by atoms with Gasteiger partial charge in [0.2, 0.25) is 0 Å². The first-order valence-electron chi connectivity index (χ1n) is 7.18. The zero-order valence-electron chi connectivity index (χ0n) is 12.3. The molecule has 0 amide bonds. The molecule has 0 spiro atoms. The predicted molar refractivity (Wildman–Crippen MR) is 80.9 cm³/mol. The van der Waals surface area contributed by atoms with Gasteiger partial charge in [-0.05, 0) is 49.1 Å². The van der Waals surface area contributed by atoms with Gasteiger partial charge in [0, 0.05) is 12.6 Å². The number of aromatic nitrogens is 1. The van der Waals surface area contributed by atoms with Crippen molar-refractivity contribution in [2.45, 2.75) is 53.0 Å². The molecule has 2 atom stereocenters. The summed E-state index contributed by atoms with van der Waals surface area (Å²) in [6, 6.07) is 4.72. The van der Waals surface area contributed by atoms with Gasteiger partial charge in [-0.15, -0.1) is 0 Å². The van der Waals surface area contributed by atoms with Crippen molar-refractivity contribution in [3.63, 3.8) is 0 Å². The molecule has 1 saturated carbocycles. The number of fused-ring (bicyclic) bond motifs is 2. The van der Waals surface area contributed by atoms with Gasteiger partial charge in [-0.2, -0.15) is 0 Å². The summed E-state index contributed by atoms with van der Waals surface area (Å²) in [6.45, 7) is 10.5. The van der Waals surface area contributed by atoms with E-state index in [1.54, 1.807) is 0 Å². The van der Waals surface area contributed by atoms with Crippen molar-refractivity contribution in [1.29, 1.82) is 0 Å². The summed E-state index contributed by atoms with van der Waals surface area (Å²) in [6.07, 6.45) is 3.93. The minimum atomic E-state index is 0.457. The largest absolute Gasteiger partial charge is 0.366 e. The van der Waals surface area contributed by atoms with Gasteiger partial charge in [0.15, 0.2) is 0 Å². The van der Waals surface area contributed by atoms with Gasteiger partial charge < -0.3 is 4.90 Å². The van der Waals surface area contributed by atoms with Crippen LogP contribution in [0.3, 0.4) is 0 Å². The van der Waals surface area contributed by atoms with E-state index in [9.17, 15) is 0 Å². The molecule has 1 aromatic rings. The summed E-state index contributed by atoms with van der Waals surface area (Å²) >= 11 is 5.98. The minimum absolute atomic E-state index is 0.457. The van der Waals surface area contributed by atoms with Crippen LogP contribution in [-0.2, 0) is 0 Å². The fourth-order valence-corrected chi connectivity index (χ4v) is 4.76. The Hall–Kier alpha value is -0.760. The zero-order chi connectivity index (χ0) is 13.8. The molecular formula is C16H23ClN2. The van der Waals surface area contributed by atoms with Gasteiger partial charge in [0.05, 0.1) is 11.4 Å². The van der Waals surface area contributed by atoms with Crippen molar-refractivity contribution >= 4 is 17.3 Å². The van der Waals surface area contributed by atoms with Crippen molar-refractivity contribution in [1.82, 2.24) is 4.98 Å². The van der Waals surface area contributed by atoms with Crippen LogP contribution >= 0.6 is 11.6 Å². The average Bonchev–Trinajstić information content (AvgIpc) is 2.47. The van der Waals surface area contributed by atoms with E-state index >= 15 is 0 Å². The maximum Gasteiger partial charge on any atom is 0.129 e. The van der Waals surface area contributed by atoms with Gasteiger partial charge in [-0.1, -0.05) is 32.4 Å². The average molecular weight is 279 g/mol. The van der Waals surface area contributed by atoms with Gasteiger partial charge in [-0.3, -0.25) is 0 Å². The van der Waals surface area contributed by atoms with E-state index in [1.807, 2.05) is 6.07 Å². The molecule has 2 heterocycles. The molecule has 0 radical (unpaired) electrons. The summed E-state index contributed by atoms with van der Waals surface area (Å²) in [7, 11) is 0. The predicted octanol–water partition coefficient (Wildman–Crippen LogP) is 4.45. The van der Waals surface area contributed by atoms with Crippen LogP contribution < -0.4 is 4.90 Å². The highest BCUT2D eigenvalue weighted by Gasteiger charge is 2.49. The lowest BCUT2D eigenvalue weighted by Gasteiger charge is -2.39. The van der Waals surface area contributed by atoms with E-state index in [4.69, 9.17) is 11.6 Å². The molecular weight excluding hydrogens is 256 g/mol. The van der Waals surface area contributed by atoms with E-state index < -0.39 is 0 Å². The standard InChI is InChI=1S/C16H23ClN2/c1-11-13(5-6-14(17)18-11)19-10-16(4)8-12(19)7-15(2,3)9-16/h5-6,12H,7-10H2,1-4H3. The van der Waals surface area contributed by atoms with E-state index in [0.717, 1.165) is 12.2 Å². The zero-order valence-corrected chi connectivity index (χ0v) is 13.1. The molecule has 3 rings (SSSR count). The Bertz CT molecular complexity index is 511. The lowest BCUT2D eigenvalue weighted by Crippen LogP contribution is -2.35. The van der Waals surface area contributed by atoms with Crippen molar-refractivity contribution in [2.24, 2.45) is 10.8 Å². The van der Waals surface area contributed by atoms with Gasteiger partial charge in [0.1, 0.15) is 5.15 Å². The van der Waals surface area contributed by atoms with Crippen LogP contribution in [0.15, 0.2) is 12.1 Å². The highest BCUT2D eigenvalue weighted by molar-refractivity contribution is 6.29. The Morgan fingerprint density at radius 2 is 2.00 bits per heavy atom. The number of anilines is 1. The van der Waals surface area contributed by atoms with Crippen LogP contribution in [0.25, 0.3) is 0 Å². The maximum atomic E-state index is 5.98. The lowest BCUT2D eigenvalue weighted by molar-refractivity contribution is 0.136. The van der Waals surface area contributed by atoms with Crippen LogP contribution in [-0.4, -0.2) is 17.6 Å². The Labute approximate surface area is 121 Å². The van der Waals surface area contributed by atoms with Crippen molar-refractivity contribution in [2.75, 3.05) is 11.4 Å². The third-order valence-corrected chi connectivity index (χ3v) is 4.96. The van der Waals surface area contributed by atoms with Crippen LogP contribution in [0.5, 0.6) is 0 Å². The summed E-state index contributed by atoms with van der Waals surface area (Å²) in [5, 5.41) is 0.593. The number of halogens is 1. The fourth-order valence-electron chi connectivity index (χ4n) is 4.57. The third kappa shape index (κ3) is 2.35. The number of hydrogen-bond donors (Lipinski definition) is 0. The van der Waals surface area contributed by atoms with E-state index in [1.165, 1.54) is 24.9 Å². The monoisotopic (exact) mass is 278 g/mol. The quantitative estimate of drug-likeness (QED) is 0.706. The second-order valence-corrected chi connectivity index (χ2v) is 7.97. The first-order chi connectivity index (χ1) is 8.78. The molecule has 3 heteroatoms. The molecule has 2 nitrogen and oxygen atoms in total. The number of rotatable bonds is 1. The molecule has 0 aromatic carbocycles. The summed E-state index contributed by atoms with van der Waals surface area (Å²) in [5.41, 5.74) is 3.25. The second kappa shape index (κ2) is 4.12. The molecule has 1 aliphatic carbocycles. The van der Waals surface area contributed by atoms with Crippen LogP contribution in [0.2, 0.25) is 5.15 Å². The third-order valence-electron chi connectivity index (χ3n) is 4.75. The molecule has 2 unspecified atom stereocenters. The minimum Gasteiger partial charge on any atom is -0.366 e. The molecule has 2 bridgehead atoms. The first-order valence-corrected chi connectivity index (χ1v) is 7.56. The van der Waals surface area contributed by atoms with E-state index in [0.29, 0.717) is 22.0 Å². The Morgan fingerprint density at radius 3 is 2.68 bits per heavy atom. The second-order valence-electron chi connectivity index (χ2n) is 7.58. The fraction of sp³-hybridized carbons (Fsp3) is 0.688. The van der Waals surface area contributed by atoms with Crippen LogP contribution in [0.1, 0.15) is 45.7 Å². The van der Waals surface area contributed by atoms with Gasteiger partial charge in [-0.25, -0.2) is 4.98 Å². The van der Waals surface area contributed by atoms with Crippen LogP contribution in [0, 0.1) is 17.8 Å². The highest BCUT2D eigenvalue weighted by Crippen LogP contribution is 2.53. The van der Waals surface area contributed by atoms with Crippen LogP contribution in [0.4, 0.5) is 5.69 Å². The topological polar surface area (TPSA) is 16.1 Å². The first kappa shape index (κ1) is 13.2. The Kier molecular flexibility index (Phi) is 2.87. The van der Waals surface area contributed by atoms with Crippen molar-refractivity contribution in [3.05, 3.63) is 23.0 Å². The van der Waals surface area contributed by atoms with Crippen molar-refractivity contribution in [3.8, 4) is 0 Å². The van der Waals surface area contributed by atoms with Crippen molar-refractivity contribution < 1.29 is 0 Å². The normalized spacial score (nSPS) is 32.7. The highest BCUT2D eigenvalue weighted by atomic mass is 35.5. The molecule has 1 aliphatic heterocycles. The number of aryl methyl sites for hydroxylation is 1. The van der Waals surface area contributed by atoms with E-state index in [2.05, 4.69) is 43.6 Å². The molecule has 2 fully saturated rings.